The van der Waals surface area contributed by atoms with Crippen LogP contribution in [0, 0.1) is 0 Å². The topological polar surface area (TPSA) is 29.9 Å². The first kappa shape index (κ1) is 14.8. The summed E-state index contributed by atoms with van der Waals surface area (Å²) >= 11 is 5.32. The second kappa shape index (κ2) is 7.22. The molecule has 1 N–H and O–H groups in total. The second-order valence-corrected chi connectivity index (χ2v) is 6.39. The monoisotopic (exact) mass is 341 g/mol. The van der Waals surface area contributed by atoms with Crippen LogP contribution in [0.25, 0.3) is 0 Å². The molecule has 0 amide bonds. The number of hydrogen-bond donors (Lipinski definition) is 1. The highest BCUT2D eigenvalue weighted by Gasteiger charge is 2.19. The smallest absolute Gasteiger partial charge is 0.0842 e. The van der Waals surface area contributed by atoms with Crippen molar-refractivity contribution in [3.63, 3.8) is 0 Å². The molecule has 0 spiro atoms. The molecule has 1 unspecified atom stereocenters. The number of nitrogens with zero attached hydrogens (tertiary/aromatic N) is 2. The van der Waals surface area contributed by atoms with Crippen molar-refractivity contribution in [1.82, 2.24) is 15.1 Å². The maximum atomic E-state index is 4.44. The van der Waals surface area contributed by atoms with Gasteiger partial charge < -0.3 is 5.32 Å². The van der Waals surface area contributed by atoms with Crippen molar-refractivity contribution < 1.29 is 0 Å². The fourth-order valence-corrected chi connectivity index (χ4v) is 3.64. The van der Waals surface area contributed by atoms with Gasteiger partial charge in [-0.1, -0.05) is 13.8 Å². The van der Waals surface area contributed by atoms with Crippen LogP contribution < -0.4 is 5.32 Å². The van der Waals surface area contributed by atoms with Crippen molar-refractivity contribution in [2.45, 2.75) is 39.3 Å². The van der Waals surface area contributed by atoms with Crippen LogP contribution in [0.1, 0.15) is 43.3 Å². The highest BCUT2D eigenvalue weighted by molar-refractivity contribution is 9.10. The number of aromatic nitrogens is 2. The minimum atomic E-state index is 0.241. The summed E-state index contributed by atoms with van der Waals surface area (Å²) in [6, 6.07) is 4.56. The normalized spacial score (nSPS) is 12.8. The number of hydrogen-bond acceptors (Lipinski definition) is 3. The molecule has 2 heterocycles. The summed E-state index contributed by atoms with van der Waals surface area (Å²) in [5, 5.41) is 10.2. The first-order valence-electron chi connectivity index (χ1n) is 6.75. The van der Waals surface area contributed by atoms with E-state index in [9.17, 15) is 0 Å². The van der Waals surface area contributed by atoms with Gasteiger partial charge in [-0.05, 0) is 47.4 Å². The zero-order chi connectivity index (χ0) is 13.7. The fourth-order valence-electron chi connectivity index (χ4n) is 2.11. The van der Waals surface area contributed by atoms with Crippen molar-refractivity contribution in [1.29, 1.82) is 0 Å². The van der Waals surface area contributed by atoms with Crippen LogP contribution in [0.3, 0.4) is 0 Å². The Labute approximate surface area is 127 Å². The van der Waals surface area contributed by atoms with E-state index in [1.165, 1.54) is 10.6 Å². The molecule has 0 radical (unpaired) electrons. The maximum Gasteiger partial charge on any atom is 0.0842 e. The van der Waals surface area contributed by atoms with Gasteiger partial charge in [-0.3, -0.25) is 4.68 Å². The molecule has 19 heavy (non-hydrogen) atoms. The minimum absolute atomic E-state index is 0.241. The van der Waals surface area contributed by atoms with Crippen molar-refractivity contribution >= 4 is 27.3 Å². The van der Waals surface area contributed by atoms with Gasteiger partial charge >= 0.3 is 0 Å². The van der Waals surface area contributed by atoms with E-state index in [1.54, 1.807) is 11.3 Å². The number of thiophene rings is 1. The molecule has 5 heteroatoms. The minimum Gasteiger partial charge on any atom is -0.304 e. The molecular weight excluding hydrogens is 322 g/mol. The quantitative estimate of drug-likeness (QED) is 0.817. The first-order valence-corrected chi connectivity index (χ1v) is 8.42. The van der Waals surface area contributed by atoms with Crippen LogP contribution >= 0.6 is 27.3 Å². The molecular formula is C14H20BrN3S. The van der Waals surface area contributed by atoms with E-state index >= 15 is 0 Å². The van der Waals surface area contributed by atoms with Gasteiger partial charge in [-0.25, -0.2) is 0 Å². The van der Waals surface area contributed by atoms with Crippen molar-refractivity contribution in [3.8, 4) is 0 Å². The number of nitrogens with one attached hydrogen (secondary N) is 1. The Balaban J connectivity index is 2.28. The molecule has 0 saturated carbocycles. The van der Waals surface area contributed by atoms with E-state index in [2.05, 4.69) is 62.4 Å². The lowest BCUT2D eigenvalue weighted by Crippen LogP contribution is -2.25. The van der Waals surface area contributed by atoms with Crippen molar-refractivity contribution in [2.24, 2.45) is 0 Å². The van der Waals surface area contributed by atoms with Crippen molar-refractivity contribution in [2.75, 3.05) is 6.54 Å². The number of rotatable bonds is 7. The van der Waals surface area contributed by atoms with E-state index in [-0.39, 0.29) is 6.04 Å². The van der Waals surface area contributed by atoms with Gasteiger partial charge in [0.15, 0.2) is 0 Å². The van der Waals surface area contributed by atoms with E-state index in [1.807, 2.05) is 6.20 Å². The van der Waals surface area contributed by atoms with Gasteiger partial charge in [0, 0.05) is 27.5 Å². The van der Waals surface area contributed by atoms with Gasteiger partial charge in [-0.2, -0.15) is 5.10 Å². The zero-order valence-electron chi connectivity index (χ0n) is 11.4. The van der Waals surface area contributed by atoms with Gasteiger partial charge in [0.25, 0.3) is 0 Å². The van der Waals surface area contributed by atoms with Gasteiger partial charge in [0.05, 0.1) is 11.7 Å². The molecule has 2 aromatic rings. The third-order valence-corrected chi connectivity index (χ3v) is 4.71. The number of aryl methyl sites for hydroxylation is 1. The molecule has 0 saturated heterocycles. The molecule has 0 aliphatic heterocycles. The summed E-state index contributed by atoms with van der Waals surface area (Å²) in [7, 11) is 0. The van der Waals surface area contributed by atoms with Crippen LogP contribution in [-0.2, 0) is 6.54 Å². The maximum absolute atomic E-state index is 4.44. The highest BCUT2D eigenvalue weighted by atomic mass is 79.9. The SMILES string of the molecule is CCCNC(c1cc(Br)cs1)c1ccnn1CCC. The Bertz CT molecular complexity index is 506. The predicted molar refractivity (Wildman–Crippen MR) is 84.7 cm³/mol. The van der Waals surface area contributed by atoms with Crippen LogP contribution in [0.15, 0.2) is 28.2 Å². The van der Waals surface area contributed by atoms with E-state index in [4.69, 9.17) is 0 Å². The summed E-state index contributed by atoms with van der Waals surface area (Å²) < 4.78 is 3.26. The summed E-state index contributed by atoms with van der Waals surface area (Å²) in [5.74, 6) is 0. The van der Waals surface area contributed by atoms with Crippen LogP contribution in [0.4, 0.5) is 0 Å². The average molecular weight is 342 g/mol. The van der Waals surface area contributed by atoms with Crippen molar-refractivity contribution in [3.05, 3.63) is 38.8 Å². The Morgan fingerprint density at radius 2 is 2.26 bits per heavy atom. The second-order valence-electron chi connectivity index (χ2n) is 4.53. The molecule has 0 aliphatic rings. The molecule has 104 valence electrons. The number of halogens is 1. The third-order valence-electron chi connectivity index (χ3n) is 2.95. The van der Waals surface area contributed by atoms with E-state index in [0.29, 0.717) is 0 Å². The standard InChI is InChI=1S/C14H20BrN3S/c1-3-6-16-14(13-9-11(15)10-19-13)12-5-7-17-18(12)8-4-2/h5,7,9-10,14,16H,3-4,6,8H2,1-2H3. The fraction of sp³-hybridized carbons (Fsp3) is 0.500. The molecule has 0 fully saturated rings. The molecule has 0 aromatic carbocycles. The lowest BCUT2D eigenvalue weighted by atomic mass is 10.1. The highest BCUT2D eigenvalue weighted by Crippen LogP contribution is 2.30. The Morgan fingerprint density at radius 1 is 1.42 bits per heavy atom. The Hall–Kier alpha value is -0.650. The zero-order valence-corrected chi connectivity index (χ0v) is 13.8. The lowest BCUT2D eigenvalue weighted by molar-refractivity contribution is 0.515. The van der Waals surface area contributed by atoms with Gasteiger partial charge in [-0.15, -0.1) is 11.3 Å². The summed E-state index contributed by atoms with van der Waals surface area (Å²) in [6.07, 6.45) is 4.13. The van der Waals surface area contributed by atoms with E-state index in [0.717, 1.165) is 30.4 Å². The predicted octanol–water partition coefficient (Wildman–Crippen LogP) is 4.21. The van der Waals surface area contributed by atoms with Crippen LogP contribution in [-0.4, -0.2) is 16.3 Å². The lowest BCUT2D eigenvalue weighted by Gasteiger charge is -2.18. The largest absolute Gasteiger partial charge is 0.304 e. The third kappa shape index (κ3) is 3.68. The Morgan fingerprint density at radius 3 is 2.89 bits per heavy atom. The summed E-state index contributed by atoms with van der Waals surface area (Å²) in [5.41, 5.74) is 1.25. The Kier molecular flexibility index (Phi) is 5.60. The van der Waals surface area contributed by atoms with Crippen LogP contribution in [0.5, 0.6) is 0 Å². The average Bonchev–Trinajstić information content (AvgIpc) is 3.01. The molecule has 1 atom stereocenters. The molecule has 3 nitrogen and oxygen atoms in total. The summed E-state index contributed by atoms with van der Waals surface area (Å²) in [4.78, 5) is 1.33. The first-order chi connectivity index (χ1) is 9.26. The molecule has 0 aliphatic carbocycles. The van der Waals surface area contributed by atoms with Gasteiger partial charge in [0.1, 0.15) is 0 Å². The van der Waals surface area contributed by atoms with Crippen LogP contribution in [0.2, 0.25) is 0 Å². The van der Waals surface area contributed by atoms with E-state index < -0.39 is 0 Å². The van der Waals surface area contributed by atoms with Gasteiger partial charge in [0.2, 0.25) is 0 Å². The molecule has 2 aromatic heterocycles. The molecule has 2 rings (SSSR count). The molecule has 0 bridgehead atoms. The summed E-state index contributed by atoms with van der Waals surface area (Å²) in [6.45, 7) is 6.36.